The van der Waals surface area contributed by atoms with Crippen molar-refractivity contribution in [1.82, 2.24) is 14.4 Å². The third-order valence-corrected chi connectivity index (χ3v) is 5.19. The van der Waals surface area contributed by atoms with Crippen LogP contribution < -0.4 is 0 Å². The van der Waals surface area contributed by atoms with Crippen molar-refractivity contribution in [2.45, 2.75) is 25.1 Å². The highest BCUT2D eigenvalue weighted by atomic mass is 19.1. The number of aromatic nitrogens is 1. The molecular weight excluding hydrogens is 351 g/mol. The Bertz CT molecular complexity index is 906. The number of alkyl halides is 1. The molecule has 1 atom stereocenters. The summed E-state index contributed by atoms with van der Waals surface area (Å²) in [5, 5.41) is 0. The minimum atomic E-state index is -1.36. The van der Waals surface area contributed by atoms with E-state index in [0.717, 1.165) is 4.90 Å². The molecule has 1 fully saturated rings. The van der Waals surface area contributed by atoms with Crippen LogP contribution in [0, 0.1) is 0 Å². The van der Waals surface area contributed by atoms with Crippen molar-refractivity contribution in [3.63, 3.8) is 0 Å². The van der Waals surface area contributed by atoms with Gasteiger partial charge in [-0.05, 0) is 43.2 Å². The zero-order valence-corrected chi connectivity index (χ0v) is 14.8. The van der Waals surface area contributed by atoms with Crippen molar-refractivity contribution in [2.24, 2.45) is 12.0 Å². The number of aryl methyl sites for hydroxylation is 1. The normalized spacial score (nSPS) is 23.3. The van der Waals surface area contributed by atoms with Gasteiger partial charge < -0.3 is 9.47 Å². The van der Waals surface area contributed by atoms with Gasteiger partial charge in [-0.25, -0.2) is 9.18 Å². The standard InChI is InChI=1S/C19H19FN4O3/c1-22-8-2-3-16(22)18(26)23-9-6-13(7-10-23)24-17(25)14-11-12(20)4-5-15(14)21-19(24)27/h2-5,8,11-13H,6-7,9-10H2,1H3. The lowest BCUT2D eigenvalue weighted by Gasteiger charge is -2.38. The Hall–Kier alpha value is -3.03. The molecule has 0 N–H and O–H groups in total. The molecule has 1 aromatic heterocycles. The number of rotatable bonds is 2. The maximum absolute atomic E-state index is 13.6. The lowest BCUT2D eigenvalue weighted by atomic mass is 9.96. The summed E-state index contributed by atoms with van der Waals surface area (Å²) in [6.07, 6.45) is 5.21. The van der Waals surface area contributed by atoms with E-state index in [4.69, 9.17) is 0 Å². The fourth-order valence-corrected chi connectivity index (χ4v) is 3.72. The molecule has 1 unspecified atom stereocenters. The molecule has 4 rings (SSSR count). The van der Waals surface area contributed by atoms with Crippen LogP contribution in [0.25, 0.3) is 0 Å². The lowest BCUT2D eigenvalue weighted by Crippen LogP contribution is -2.53. The van der Waals surface area contributed by atoms with Crippen LogP contribution in [0.5, 0.6) is 0 Å². The van der Waals surface area contributed by atoms with E-state index >= 15 is 0 Å². The predicted molar refractivity (Wildman–Crippen MR) is 96.1 cm³/mol. The fourth-order valence-electron chi connectivity index (χ4n) is 3.72. The average Bonchev–Trinajstić information content (AvgIpc) is 3.08. The minimum absolute atomic E-state index is 0.0713. The molecule has 0 aromatic carbocycles. The van der Waals surface area contributed by atoms with Crippen LogP contribution in [0.2, 0.25) is 0 Å². The first-order valence-corrected chi connectivity index (χ1v) is 8.87. The molecule has 27 heavy (non-hydrogen) atoms. The van der Waals surface area contributed by atoms with Crippen molar-refractivity contribution >= 4 is 23.6 Å². The van der Waals surface area contributed by atoms with Gasteiger partial charge in [0.05, 0.1) is 11.3 Å². The maximum atomic E-state index is 13.6. The molecule has 0 saturated carbocycles. The molecule has 0 bridgehead atoms. The Labute approximate surface area is 155 Å². The third-order valence-electron chi connectivity index (χ3n) is 5.19. The Morgan fingerprint density at radius 2 is 2.00 bits per heavy atom. The molecule has 1 aliphatic carbocycles. The second-order valence-electron chi connectivity index (χ2n) is 6.87. The van der Waals surface area contributed by atoms with Gasteiger partial charge in [-0.1, -0.05) is 0 Å². The number of hydrogen-bond acceptors (Lipinski definition) is 3. The smallest absolute Gasteiger partial charge is 0.347 e. The molecule has 1 saturated heterocycles. The molecule has 3 heterocycles. The summed E-state index contributed by atoms with van der Waals surface area (Å²) in [5.74, 6) is -0.581. The Morgan fingerprint density at radius 3 is 2.67 bits per heavy atom. The Morgan fingerprint density at radius 1 is 1.26 bits per heavy atom. The van der Waals surface area contributed by atoms with E-state index in [-0.39, 0.29) is 23.2 Å². The SMILES string of the molecule is Cn1cccc1C(=O)N1CCC(N2C(=O)N=C3C=CC(F)C=C3C2=O)CC1. The monoisotopic (exact) mass is 370 g/mol. The number of fused-ring (bicyclic) bond motifs is 1. The average molecular weight is 370 g/mol. The molecule has 4 amide bonds. The number of allylic oxidation sites excluding steroid dienone is 3. The fraction of sp³-hybridized carbons (Fsp3) is 0.368. The van der Waals surface area contributed by atoms with Crippen molar-refractivity contribution in [3.05, 3.63) is 47.8 Å². The zero-order chi connectivity index (χ0) is 19.1. The number of halogens is 1. The van der Waals surface area contributed by atoms with Gasteiger partial charge in [-0.15, -0.1) is 0 Å². The molecule has 3 aliphatic rings. The number of amides is 4. The van der Waals surface area contributed by atoms with Gasteiger partial charge in [0, 0.05) is 32.4 Å². The number of carbonyl (C=O) groups excluding carboxylic acids is 3. The van der Waals surface area contributed by atoms with Gasteiger partial charge in [-0.2, -0.15) is 4.99 Å². The second-order valence-corrected chi connectivity index (χ2v) is 6.87. The lowest BCUT2D eigenvalue weighted by molar-refractivity contribution is -0.126. The highest BCUT2D eigenvalue weighted by Crippen LogP contribution is 2.26. The number of imide groups is 1. The number of piperidine rings is 1. The first kappa shape index (κ1) is 17.4. The van der Waals surface area contributed by atoms with Gasteiger partial charge in [0.1, 0.15) is 11.9 Å². The van der Waals surface area contributed by atoms with Crippen molar-refractivity contribution in [3.8, 4) is 0 Å². The largest absolute Gasteiger partial charge is 0.351 e. The van der Waals surface area contributed by atoms with Crippen LogP contribution in [-0.4, -0.2) is 63.2 Å². The minimum Gasteiger partial charge on any atom is -0.347 e. The molecule has 0 radical (unpaired) electrons. The first-order chi connectivity index (χ1) is 13.0. The molecule has 7 nitrogen and oxygen atoms in total. The topological polar surface area (TPSA) is 75.0 Å². The summed E-state index contributed by atoms with van der Waals surface area (Å²) in [4.78, 5) is 44.5. The molecule has 1 aromatic rings. The van der Waals surface area contributed by atoms with E-state index in [2.05, 4.69) is 4.99 Å². The van der Waals surface area contributed by atoms with E-state index in [1.54, 1.807) is 15.5 Å². The highest BCUT2D eigenvalue weighted by Gasteiger charge is 2.39. The number of carbonyl (C=O) groups is 3. The molecule has 140 valence electrons. The van der Waals surface area contributed by atoms with Crippen LogP contribution in [0.4, 0.5) is 9.18 Å². The van der Waals surface area contributed by atoms with Crippen molar-refractivity contribution in [2.75, 3.05) is 13.1 Å². The quantitative estimate of drug-likeness (QED) is 0.798. The van der Waals surface area contributed by atoms with Crippen molar-refractivity contribution < 1.29 is 18.8 Å². The summed E-state index contributed by atoms with van der Waals surface area (Å²) >= 11 is 0. The summed E-state index contributed by atoms with van der Waals surface area (Å²) in [6.45, 7) is 0.875. The second kappa shape index (κ2) is 6.61. The van der Waals surface area contributed by atoms with E-state index < -0.39 is 18.1 Å². The summed E-state index contributed by atoms with van der Waals surface area (Å²) < 4.78 is 15.3. The number of likely N-dealkylation sites (tertiary alicyclic amines) is 1. The Kier molecular flexibility index (Phi) is 4.25. The van der Waals surface area contributed by atoms with E-state index in [9.17, 15) is 18.8 Å². The van der Waals surface area contributed by atoms with Crippen LogP contribution in [-0.2, 0) is 11.8 Å². The number of urea groups is 1. The van der Waals surface area contributed by atoms with Crippen LogP contribution >= 0.6 is 0 Å². The third kappa shape index (κ3) is 3.01. The summed E-state index contributed by atoms with van der Waals surface area (Å²) in [6, 6.07) is 2.60. The molecular formula is C19H19FN4O3. The van der Waals surface area contributed by atoms with Crippen LogP contribution in [0.15, 0.2) is 47.1 Å². The maximum Gasteiger partial charge on any atom is 0.351 e. The number of aliphatic imine (C=N–C) groups is 1. The molecule has 2 aliphatic heterocycles. The molecule has 8 heteroatoms. The van der Waals surface area contributed by atoms with E-state index in [1.165, 1.54) is 18.2 Å². The van der Waals surface area contributed by atoms with Gasteiger partial charge in [-0.3, -0.25) is 14.5 Å². The molecule has 0 spiro atoms. The van der Waals surface area contributed by atoms with Crippen LogP contribution in [0.3, 0.4) is 0 Å². The van der Waals surface area contributed by atoms with Gasteiger partial charge in [0.25, 0.3) is 11.8 Å². The first-order valence-electron chi connectivity index (χ1n) is 8.87. The van der Waals surface area contributed by atoms with Crippen LogP contribution in [0.1, 0.15) is 23.3 Å². The Balaban J connectivity index is 1.48. The van der Waals surface area contributed by atoms with E-state index in [1.807, 2.05) is 19.3 Å². The summed E-state index contributed by atoms with van der Waals surface area (Å²) in [7, 11) is 1.81. The van der Waals surface area contributed by atoms with Gasteiger partial charge >= 0.3 is 6.03 Å². The summed E-state index contributed by atoms with van der Waals surface area (Å²) in [5.41, 5.74) is 0.944. The zero-order valence-electron chi connectivity index (χ0n) is 14.8. The van der Waals surface area contributed by atoms with E-state index in [0.29, 0.717) is 31.6 Å². The predicted octanol–water partition coefficient (Wildman–Crippen LogP) is 1.87. The van der Waals surface area contributed by atoms with Gasteiger partial charge in [0.15, 0.2) is 0 Å². The number of hydrogen-bond donors (Lipinski definition) is 0. The van der Waals surface area contributed by atoms with Crippen molar-refractivity contribution in [1.29, 1.82) is 0 Å². The van der Waals surface area contributed by atoms with Gasteiger partial charge in [0.2, 0.25) is 0 Å². The highest BCUT2D eigenvalue weighted by molar-refractivity contribution is 6.33. The number of nitrogens with zero attached hydrogens (tertiary/aromatic N) is 4.